The second kappa shape index (κ2) is 6.86. The Bertz CT molecular complexity index is 215. The number of amides is 1. The molecule has 0 aromatic carbocycles. The zero-order valence-electron chi connectivity index (χ0n) is 11.3. The summed E-state index contributed by atoms with van der Waals surface area (Å²) in [5.41, 5.74) is 0. The molecule has 0 heterocycles. The van der Waals surface area contributed by atoms with Crippen LogP contribution in [0.2, 0.25) is 0 Å². The monoisotopic (exact) mass is 231 g/mol. The van der Waals surface area contributed by atoms with Gasteiger partial charge < -0.3 is 14.9 Å². The predicted octanol–water partition coefficient (Wildman–Crippen LogP) is 0.606. The maximum Gasteiger partial charge on any atom is 0.223 e. The number of carbonyl (C=O) groups is 1. The van der Waals surface area contributed by atoms with Crippen molar-refractivity contribution in [2.24, 2.45) is 5.92 Å². The largest absolute Gasteiger partial charge is 0.388 e. The van der Waals surface area contributed by atoms with Crippen LogP contribution < -0.4 is 5.32 Å². The SMILES string of the molecule is CCC(C)C(=O)NCC[N+](C)(C)CC(C)O. The third-order valence-electron chi connectivity index (χ3n) is 2.83. The average Bonchev–Trinajstić information content (AvgIpc) is 2.13. The van der Waals surface area contributed by atoms with E-state index in [0.717, 1.165) is 17.4 Å². The first-order valence-electron chi connectivity index (χ1n) is 6.06. The number of aliphatic hydroxyl groups excluding tert-OH is 1. The fourth-order valence-corrected chi connectivity index (χ4v) is 1.65. The summed E-state index contributed by atoms with van der Waals surface area (Å²) in [6.07, 6.45) is 0.567. The van der Waals surface area contributed by atoms with Crippen molar-refractivity contribution in [2.45, 2.75) is 33.3 Å². The van der Waals surface area contributed by atoms with Crippen molar-refractivity contribution in [3.05, 3.63) is 0 Å². The van der Waals surface area contributed by atoms with Crippen molar-refractivity contribution < 1.29 is 14.4 Å². The van der Waals surface area contributed by atoms with Crippen LogP contribution in [0, 0.1) is 5.92 Å². The van der Waals surface area contributed by atoms with Crippen molar-refractivity contribution in [1.82, 2.24) is 5.32 Å². The third kappa shape index (κ3) is 6.80. The highest BCUT2D eigenvalue weighted by Gasteiger charge is 2.18. The van der Waals surface area contributed by atoms with E-state index in [-0.39, 0.29) is 17.9 Å². The molecule has 0 bridgehead atoms. The summed E-state index contributed by atoms with van der Waals surface area (Å²) in [7, 11) is 4.12. The Hall–Kier alpha value is -0.610. The van der Waals surface area contributed by atoms with E-state index in [2.05, 4.69) is 19.4 Å². The smallest absolute Gasteiger partial charge is 0.223 e. The Labute approximate surface area is 99.2 Å². The summed E-state index contributed by atoms with van der Waals surface area (Å²) in [4.78, 5) is 11.5. The molecule has 2 unspecified atom stereocenters. The minimum absolute atomic E-state index is 0.0902. The van der Waals surface area contributed by atoms with Crippen LogP contribution >= 0.6 is 0 Å². The summed E-state index contributed by atoms with van der Waals surface area (Å²) >= 11 is 0. The first-order chi connectivity index (χ1) is 7.28. The highest BCUT2D eigenvalue weighted by Crippen LogP contribution is 2.01. The molecule has 4 nitrogen and oxygen atoms in total. The van der Waals surface area contributed by atoms with Crippen LogP contribution in [0.25, 0.3) is 0 Å². The van der Waals surface area contributed by atoms with Crippen LogP contribution in [0.5, 0.6) is 0 Å². The molecule has 16 heavy (non-hydrogen) atoms. The van der Waals surface area contributed by atoms with E-state index in [4.69, 9.17) is 0 Å². The number of aliphatic hydroxyl groups is 1. The molecule has 2 N–H and O–H groups in total. The Morgan fingerprint density at radius 3 is 2.38 bits per heavy atom. The van der Waals surface area contributed by atoms with Gasteiger partial charge in [-0.25, -0.2) is 0 Å². The maximum atomic E-state index is 11.5. The molecule has 0 aliphatic rings. The average molecular weight is 231 g/mol. The third-order valence-corrected chi connectivity index (χ3v) is 2.83. The number of likely N-dealkylation sites (N-methyl/N-ethyl adjacent to an activating group) is 1. The molecule has 0 aromatic heterocycles. The van der Waals surface area contributed by atoms with Gasteiger partial charge in [-0.05, 0) is 13.3 Å². The summed E-state index contributed by atoms with van der Waals surface area (Å²) in [6.45, 7) is 7.95. The predicted molar refractivity (Wildman–Crippen MR) is 66.0 cm³/mol. The molecule has 0 aliphatic carbocycles. The fraction of sp³-hybridized carbons (Fsp3) is 0.917. The Morgan fingerprint density at radius 1 is 1.38 bits per heavy atom. The lowest BCUT2D eigenvalue weighted by Crippen LogP contribution is -2.49. The van der Waals surface area contributed by atoms with E-state index >= 15 is 0 Å². The summed E-state index contributed by atoms with van der Waals surface area (Å²) in [5, 5.41) is 12.2. The van der Waals surface area contributed by atoms with Crippen molar-refractivity contribution in [1.29, 1.82) is 0 Å². The van der Waals surface area contributed by atoms with Crippen LogP contribution in [0.1, 0.15) is 27.2 Å². The highest BCUT2D eigenvalue weighted by atomic mass is 16.3. The lowest BCUT2D eigenvalue weighted by molar-refractivity contribution is -0.891. The van der Waals surface area contributed by atoms with Gasteiger partial charge in [0.05, 0.1) is 27.2 Å². The van der Waals surface area contributed by atoms with Gasteiger partial charge in [0.25, 0.3) is 0 Å². The van der Waals surface area contributed by atoms with Crippen molar-refractivity contribution in [3.8, 4) is 0 Å². The van der Waals surface area contributed by atoms with Crippen LogP contribution in [-0.4, -0.2) is 55.3 Å². The number of quaternary nitrogens is 1. The van der Waals surface area contributed by atoms with Gasteiger partial charge >= 0.3 is 0 Å². The molecule has 0 saturated heterocycles. The zero-order chi connectivity index (χ0) is 12.8. The summed E-state index contributed by atoms with van der Waals surface area (Å²) in [5.74, 6) is 0.215. The van der Waals surface area contributed by atoms with E-state index < -0.39 is 0 Å². The van der Waals surface area contributed by atoms with Gasteiger partial charge in [-0.3, -0.25) is 4.79 Å². The molecule has 1 amide bonds. The number of nitrogens with zero attached hydrogens (tertiary/aromatic N) is 1. The molecular weight excluding hydrogens is 204 g/mol. The van der Waals surface area contributed by atoms with E-state index in [1.54, 1.807) is 6.92 Å². The number of hydrogen-bond donors (Lipinski definition) is 2. The normalized spacial score (nSPS) is 15.6. The molecule has 0 spiro atoms. The number of nitrogens with one attached hydrogen (secondary N) is 1. The van der Waals surface area contributed by atoms with Gasteiger partial charge in [-0.2, -0.15) is 0 Å². The minimum atomic E-state index is -0.305. The quantitative estimate of drug-likeness (QED) is 0.631. The van der Waals surface area contributed by atoms with Crippen molar-refractivity contribution in [3.63, 3.8) is 0 Å². The van der Waals surface area contributed by atoms with Gasteiger partial charge in [-0.1, -0.05) is 13.8 Å². The maximum absolute atomic E-state index is 11.5. The zero-order valence-corrected chi connectivity index (χ0v) is 11.3. The van der Waals surface area contributed by atoms with E-state index in [1.807, 2.05) is 13.8 Å². The standard InChI is InChI=1S/C12H26N2O2/c1-6-10(2)12(16)13-7-8-14(4,5)9-11(3)15/h10-11,15H,6-9H2,1-5H3/p+1. The molecule has 0 aromatic rings. The molecule has 2 atom stereocenters. The molecule has 0 saturated carbocycles. The lowest BCUT2D eigenvalue weighted by atomic mass is 10.1. The van der Waals surface area contributed by atoms with Crippen LogP contribution in [0.15, 0.2) is 0 Å². The first-order valence-corrected chi connectivity index (χ1v) is 6.06. The number of carbonyl (C=O) groups excluding carboxylic acids is 1. The van der Waals surface area contributed by atoms with Gasteiger partial charge in [0.2, 0.25) is 5.91 Å². The van der Waals surface area contributed by atoms with Crippen molar-refractivity contribution >= 4 is 5.91 Å². The van der Waals surface area contributed by atoms with Gasteiger partial charge in [0.15, 0.2) is 0 Å². The van der Waals surface area contributed by atoms with E-state index in [9.17, 15) is 9.90 Å². The minimum Gasteiger partial charge on any atom is -0.388 e. The first kappa shape index (κ1) is 15.4. The lowest BCUT2D eigenvalue weighted by Gasteiger charge is -2.31. The second-order valence-electron chi connectivity index (χ2n) is 5.29. The van der Waals surface area contributed by atoms with Crippen LogP contribution in [0.4, 0.5) is 0 Å². The molecule has 0 aliphatic heterocycles. The molecule has 0 radical (unpaired) electrons. The van der Waals surface area contributed by atoms with Crippen LogP contribution in [-0.2, 0) is 4.79 Å². The molecular formula is C12H27N2O2+. The Kier molecular flexibility index (Phi) is 6.60. The fourth-order valence-electron chi connectivity index (χ4n) is 1.65. The van der Waals surface area contributed by atoms with Crippen LogP contribution in [0.3, 0.4) is 0 Å². The van der Waals surface area contributed by atoms with Gasteiger partial charge in [-0.15, -0.1) is 0 Å². The van der Waals surface area contributed by atoms with Crippen molar-refractivity contribution in [2.75, 3.05) is 33.7 Å². The molecule has 0 rings (SSSR count). The van der Waals surface area contributed by atoms with E-state index in [0.29, 0.717) is 13.1 Å². The summed E-state index contributed by atoms with van der Waals surface area (Å²) < 4.78 is 0.721. The Balaban J connectivity index is 3.84. The number of hydrogen-bond acceptors (Lipinski definition) is 2. The summed E-state index contributed by atoms with van der Waals surface area (Å²) in [6, 6.07) is 0. The second-order valence-corrected chi connectivity index (χ2v) is 5.29. The topological polar surface area (TPSA) is 49.3 Å². The van der Waals surface area contributed by atoms with Gasteiger partial charge in [0, 0.05) is 5.92 Å². The number of rotatable bonds is 7. The highest BCUT2D eigenvalue weighted by molar-refractivity contribution is 5.78. The molecule has 0 fully saturated rings. The molecule has 4 heteroatoms. The molecule has 96 valence electrons. The van der Waals surface area contributed by atoms with Gasteiger partial charge in [0.1, 0.15) is 12.6 Å². The Morgan fingerprint density at radius 2 is 1.94 bits per heavy atom. The van der Waals surface area contributed by atoms with E-state index in [1.165, 1.54) is 0 Å².